The third-order valence-electron chi connectivity index (χ3n) is 4.19. The van der Waals surface area contributed by atoms with Gasteiger partial charge in [-0.05, 0) is 43.6 Å². The molecule has 1 amide bonds. The minimum absolute atomic E-state index is 0. The van der Waals surface area contributed by atoms with E-state index >= 15 is 0 Å². The Bertz CT molecular complexity index is 539. The molecular formula is C16H21Cl2N3O. The molecule has 0 aliphatic carbocycles. The van der Waals surface area contributed by atoms with Crippen LogP contribution in [0.3, 0.4) is 0 Å². The van der Waals surface area contributed by atoms with E-state index in [9.17, 15) is 4.79 Å². The number of carbonyl (C=O) groups is 1. The fourth-order valence-electron chi connectivity index (χ4n) is 3.11. The van der Waals surface area contributed by atoms with E-state index in [2.05, 4.69) is 15.4 Å². The molecule has 2 aliphatic heterocycles. The molecule has 0 radical (unpaired) electrons. The highest BCUT2D eigenvalue weighted by atomic mass is 35.5. The topological polar surface area (TPSA) is 44.7 Å². The molecule has 2 heterocycles. The van der Waals surface area contributed by atoms with Gasteiger partial charge in [0.1, 0.15) is 0 Å². The Kier molecular flexibility index (Phi) is 6.24. The maximum atomic E-state index is 11.7. The van der Waals surface area contributed by atoms with Gasteiger partial charge >= 0.3 is 0 Å². The van der Waals surface area contributed by atoms with Crippen molar-refractivity contribution in [3.8, 4) is 0 Å². The standard InChI is InChI=1S/C16H20ClN3O.ClH/c17-14-6-4-12(5-7-14)16-13(10-15(21)18-19-16)11-20-8-2-1-3-9-20;/h4-7,13H,1-3,8-11H2,(H,18,21);1H. The van der Waals surface area contributed by atoms with Crippen LogP contribution < -0.4 is 5.43 Å². The lowest BCUT2D eigenvalue weighted by Gasteiger charge is -2.32. The zero-order chi connectivity index (χ0) is 14.7. The predicted octanol–water partition coefficient (Wildman–Crippen LogP) is 3.09. The predicted molar refractivity (Wildman–Crippen MR) is 91.8 cm³/mol. The molecule has 1 fully saturated rings. The van der Waals surface area contributed by atoms with Crippen molar-refractivity contribution in [3.63, 3.8) is 0 Å². The van der Waals surface area contributed by atoms with Crippen molar-refractivity contribution >= 4 is 35.6 Å². The molecule has 3 rings (SSSR count). The molecule has 0 aromatic heterocycles. The molecule has 1 saturated heterocycles. The van der Waals surface area contributed by atoms with Crippen LogP contribution in [-0.4, -0.2) is 36.2 Å². The lowest BCUT2D eigenvalue weighted by atomic mass is 9.91. The third kappa shape index (κ3) is 4.22. The number of rotatable bonds is 3. The van der Waals surface area contributed by atoms with Gasteiger partial charge in [-0.25, -0.2) is 5.43 Å². The van der Waals surface area contributed by atoms with Gasteiger partial charge in [-0.1, -0.05) is 30.2 Å². The molecule has 1 aromatic rings. The van der Waals surface area contributed by atoms with E-state index in [1.165, 1.54) is 19.3 Å². The van der Waals surface area contributed by atoms with E-state index in [1.54, 1.807) is 0 Å². The lowest BCUT2D eigenvalue weighted by molar-refractivity contribution is -0.122. The summed E-state index contributed by atoms with van der Waals surface area (Å²) in [6.07, 6.45) is 4.34. The van der Waals surface area contributed by atoms with Crippen molar-refractivity contribution < 1.29 is 4.79 Å². The number of carbonyl (C=O) groups excluding carboxylic acids is 1. The molecule has 0 bridgehead atoms. The zero-order valence-corrected chi connectivity index (χ0v) is 14.0. The summed E-state index contributed by atoms with van der Waals surface area (Å²) in [5.41, 5.74) is 4.62. The summed E-state index contributed by atoms with van der Waals surface area (Å²) in [4.78, 5) is 14.1. The van der Waals surface area contributed by atoms with Crippen LogP contribution >= 0.6 is 24.0 Å². The van der Waals surface area contributed by atoms with Gasteiger partial charge in [-0.2, -0.15) is 5.10 Å². The average Bonchev–Trinajstić information content (AvgIpc) is 2.50. The highest BCUT2D eigenvalue weighted by molar-refractivity contribution is 6.30. The van der Waals surface area contributed by atoms with Crippen LogP contribution in [0.4, 0.5) is 0 Å². The largest absolute Gasteiger partial charge is 0.303 e. The quantitative estimate of drug-likeness (QED) is 0.917. The van der Waals surface area contributed by atoms with E-state index in [4.69, 9.17) is 11.6 Å². The van der Waals surface area contributed by atoms with Crippen LogP contribution in [0.15, 0.2) is 29.4 Å². The summed E-state index contributed by atoms with van der Waals surface area (Å²) >= 11 is 5.95. The Labute approximate surface area is 142 Å². The normalized spacial score (nSPS) is 22.5. The minimum Gasteiger partial charge on any atom is -0.303 e. The van der Waals surface area contributed by atoms with Crippen LogP contribution in [0.25, 0.3) is 0 Å². The summed E-state index contributed by atoms with van der Waals surface area (Å²) in [5.74, 6) is 0.174. The van der Waals surface area contributed by atoms with Gasteiger partial charge < -0.3 is 4.90 Å². The Hall–Kier alpha value is -1.10. The smallest absolute Gasteiger partial charge is 0.240 e. The minimum atomic E-state index is 0. The zero-order valence-electron chi connectivity index (χ0n) is 12.4. The number of piperidine rings is 1. The average molecular weight is 342 g/mol. The Morgan fingerprint density at radius 1 is 1.18 bits per heavy atom. The van der Waals surface area contributed by atoms with E-state index in [1.807, 2.05) is 24.3 Å². The molecule has 120 valence electrons. The molecule has 22 heavy (non-hydrogen) atoms. The number of halogens is 2. The number of benzene rings is 1. The van der Waals surface area contributed by atoms with Gasteiger partial charge in [0.05, 0.1) is 5.71 Å². The molecule has 1 unspecified atom stereocenters. The number of nitrogens with one attached hydrogen (secondary N) is 1. The number of hydrazone groups is 1. The fraction of sp³-hybridized carbons (Fsp3) is 0.500. The Morgan fingerprint density at radius 3 is 2.55 bits per heavy atom. The first-order valence-electron chi connectivity index (χ1n) is 7.57. The van der Waals surface area contributed by atoms with Crippen molar-refractivity contribution in [2.75, 3.05) is 19.6 Å². The first kappa shape index (κ1) is 17.3. The van der Waals surface area contributed by atoms with Crippen LogP contribution in [0.1, 0.15) is 31.2 Å². The summed E-state index contributed by atoms with van der Waals surface area (Å²) in [6.45, 7) is 3.17. The summed E-state index contributed by atoms with van der Waals surface area (Å²) < 4.78 is 0. The van der Waals surface area contributed by atoms with Crippen molar-refractivity contribution in [1.82, 2.24) is 10.3 Å². The Morgan fingerprint density at radius 2 is 1.86 bits per heavy atom. The van der Waals surface area contributed by atoms with Gasteiger partial charge in [0.2, 0.25) is 5.91 Å². The summed E-state index contributed by atoms with van der Waals surface area (Å²) in [6, 6.07) is 7.69. The fourth-order valence-corrected chi connectivity index (χ4v) is 3.23. The second kappa shape index (κ2) is 7.95. The first-order valence-corrected chi connectivity index (χ1v) is 7.95. The molecule has 1 aromatic carbocycles. The number of hydrogen-bond donors (Lipinski definition) is 1. The maximum Gasteiger partial charge on any atom is 0.240 e. The van der Waals surface area contributed by atoms with E-state index < -0.39 is 0 Å². The first-order chi connectivity index (χ1) is 10.2. The molecule has 1 N–H and O–H groups in total. The van der Waals surface area contributed by atoms with Gasteiger partial charge in [0.25, 0.3) is 0 Å². The third-order valence-corrected chi connectivity index (χ3v) is 4.44. The molecular weight excluding hydrogens is 321 g/mol. The van der Waals surface area contributed by atoms with E-state index in [0.717, 1.165) is 30.9 Å². The molecule has 2 aliphatic rings. The summed E-state index contributed by atoms with van der Waals surface area (Å²) in [7, 11) is 0. The van der Waals surface area contributed by atoms with Gasteiger partial charge in [-0.15, -0.1) is 12.4 Å². The second-order valence-corrected chi connectivity index (χ2v) is 6.24. The molecule has 1 atom stereocenters. The number of hydrogen-bond acceptors (Lipinski definition) is 3. The molecule has 0 spiro atoms. The molecule has 4 nitrogen and oxygen atoms in total. The molecule has 6 heteroatoms. The van der Waals surface area contributed by atoms with Crippen molar-refractivity contribution in [2.24, 2.45) is 11.0 Å². The number of amides is 1. The lowest BCUT2D eigenvalue weighted by Crippen LogP contribution is -2.42. The molecule has 0 saturated carbocycles. The highest BCUT2D eigenvalue weighted by Gasteiger charge is 2.27. The van der Waals surface area contributed by atoms with Crippen LogP contribution in [0.5, 0.6) is 0 Å². The summed E-state index contributed by atoms with van der Waals surface area (Å²) in [5, 5.41) is 5.02. The van der Waals surface area contributed by atoms with Crippen LogP contribution in [0, 0.1) is 5.92 Å². The van der Waals surface area contributed by atoms with Crippen molar-refractivity contribution in [3.05, 3.63) is 34.9 Å². The second-order valence-electron chi connectivity index (χ2n) is 5.80. The van der Waals surface area contributed by atoms with E-state index in [-0.39, 0.29) is 24.2 Å². The van der Waals surface area contributed by atoms with Crippen molar-refractivity contribution in [1.29, 1.82) is 0 Å². The van der Waals surface area contributed by atoms with Crippen LogP contribution in [0.2, 0.25) is 5.02 Å². The van der Waals surface area contributed by atoms with Crippen molar-refractivity contribution in [2.45, 2.75) is 25.7 Å². The number of likely N-dealkylation sites (tertiary alicyclic amines) is 1. The van der Waals surface area contributed by atoms with Gasteiger partial charge in [0.15, 0.2) is 0 Å². The monoisotopic (exact) mass is 341 g/mol. The van der Waals surface area contributed by atoms with E-state index in [0.29, 0.717) is 11.4 Å². The SMILES string of the molecule is Cl.O=C1CC(CN2CCCCC2)C(c2ccc(Cl)cc2)=NN1. The maximum absolute atomic E-state index is 11.7. The number of nitrogens with zero attached hydrogens (tertiary/aromatic N) is 2. The van der Waals surface area contributed by atoms with Gasteiger partial charge in [-0.3, -0.25) is 4.79 Å². The van der Waals surface area contributed by atoms with Crippen LogP contribution in [-0.2, 0) is 4.79 Å². The van der Waals surface area contributed by atoms with Gasteiger partial charge in [0, 0.05) is 23.9 Å². The Balaban J connectivity index is 0.00000176. The highest BCUT2D eigenvalue weighted by Crippen LogP contribution is 2.21.